The largest absolute Gasteiger partial charge is 0.468 e. The van der Waals surface area contributed by atoms with Crippen molar-refractivity contribution in [2.75, 3.05) is 37.4 Å². The van der Waals surface area contributed by atoms with Crippen molar-refractivity contribution < 1.29 is 18.8 Å². The molecule has 0 saturated carbocycles. The van der Waals surface area contributed by atoms with Gasteiger partial charge in [-0.3, -0.25) is 19.3 Å². The third-order valence-corrected chi connectivity index (χ3v) is 5.47. The van der Waals surface area contributed by atoms with Gasteiger partial charge in [0.2, 0.25) is 5.91 Å². The van der Waals surface area contributed by atoms with Gasteiger partial charge >= 0.3 is 11.8 Å². The number of benzene rings is 1. The number of nitrogens with zero attached hydrogens (tertiary/aromatic N) is 2. The van der Waals surface area contributed by atoms with Crippen molar-refractivity contribution in [3.8, 4) is 0 Å². The average molecular weight is 396 g/mol. The number of hydrogen-bond donors (Lipinski definition) is 2. The maximum absolute atomic E-state index is 12.4. The van der Waals surface area contributed by atoms with E-state index in [-0.39, 0.29) is 18.5 Å². The second-order valence-electron chi connectivity index (χ2n) is 7.60. The fraction of sp³-hybridized carbons (Fsp3) is 0.381. The van der Waals surface area contributed by atoms with Crippen LogP contribution in [-0.4, -0.2) is 49.8 Å². The molecule has 29 heavy (non-hydrogen) atoms. The first-order chi connectivity index (χ1) is 13.9. The van der Waals surface area contributed by atoms with Crippen LogP contribution in [0, 0.1) is 0 Å². The number of likely N-dealkylation sites (N-methyl/N-ethyl adjacent to an activating group) is 1. The van der Waals surface area contributed by atoms with E-state index in [1.807, 2.05) is 42.1 Å². The number of carbonyl (C=O) groups is 3. The van der Waals surface area contributed by atoms with Gasteiger partial charge in [0.1, 0.15) is 5.76 Å². The quantitative estimate of drug-likeness (QED) is 0.747. The molecule has 4 rings (SSSR count). The molecule has 2 aliphatic rings. The minimum absolute atomic E-state index is 0.152. The fourth-order valence-corrected chi connectivity index (χ4v) is 4.01. The summed E-state index contributed by atoms with van der Waals surface area (Å²) in [5, 5.41) is 5.36. The Labute approximate surface area is 168 Å². The summed E-state index contributed by atoms with van der Waals surface area (Å²) in [6.07, 6.45) is 3.47. The minimum Gasteiger partial charge on any atom is -0.468 e. The highest BCUT2D eigenvalue weighted by atomic mass is 16.3. The van der Waals surface area contributed by atoms with E-state index in [1.165, 1.54) is 0 Å². The summed E-state index contributed by atoms with van der Waals surface area (Å²) < 4.78 is 5.41. The van der Waals surface area contributed by atoms with E-state index in [9.17, 15) is 14.4 Å². The van der Waals surface area contributed by atoms with Crippen LogP contribution in [0.25, 0.3) is 0 Å². The Morgan fingerprint density at radius 1 is 1.17 bits per heavy atom. The number of carbonyl (C=O) groups excluding carboxylic acids is 3. The Bertz CT molecular complexity index is 952. The highest BCUT2D eigenvalue weighted by Gasteiger charge is 2.31. The highest BCUT2D eigenvalue weighted by molar-refractivity contribution is 6.39. The third-order valence-electron chi connectivity index (χ3n) is 5.47. The second kappa shape index (κ2) is 7.71. The van der Waals surface area contributed by atoms with E-state index < -0.39 is 11.8 Å². The molecule has 2 N–H and O–H groups in total. The van der Waals surface area contributed by atoms with Crippen LogP contribution >= 0.6 is 0 Å². The summed E-state index contributed by atoms with van der Waals surface area (Å²) in [6, 6.07) is 7.17. The summed E-state index contributed by atoms with van der Waals surface area (Å²) in [4.78, 5) is 40.5. The molecule has 8 nitrogen and oxygen atoms in total. The van der Waals surface area contributed by atoms with E-state index in [4.69, 9.17) is 4.42 Å². The molecule has 0 bridgehead atoms. The zero-order valence-electron chi connectivity index (χ0n) is 16.5. The predicted octanol–water partition coefficient (Wildman–Crippen LogP) is 1.47. The Morgan fingerprint density at radius 3 is 2.62 bits per heavy atom. The number of furan rings is 1. The number of rotatable bonds is 5. The van der Waals surface area contributed by atoms with E-state index >= 15 is 0 Å². The molecular formula is C21H24N4O4. The molecule has 0 spiro atoms. The minimum atomic E-state index is -0.712. The summed E-state index contributed by atoms with van der Waals surface area (Å²) >= 11 is 0. The molecule has 0 radical (unpaired) electrons. The van der Waals surface area contributed by atoms with Gasteiger partial charge in [0.25, 0.3) is 0 Å². The van der Waals surface area contributed by atoms with Gasteiger partial charge in [-0.2, -0.15) is 0 Å². The monoisotopic (exact) mass is 396 g/mol. The number of aryl methyl sites for hydroxylation is 1. The van der Waals surface area contributed by atoms with Crippen molar-refractivity contribution in [3.05, 3.63) is 47.4 Å². The Balaban J connectivity index is 1.41. The number of nitrogens with one attached hydrogen (secondary N) is 2. The molecule has 0 aliphatic carbocycles. The average Bonchev–Trinajstić information content (AvgIpc) is 3.35. The van der Waals surface area contributed by atoms with Crippen molar-refractivity contribution in [1.82, 2.24) is 10.2 Å². The fourth-order valence-electron chi connectivity index (χ4n) is 4.01. The van der Waals surface area contributed by atoms with Gasteiger partial charge in [0.05, 0.1) is 18.0 Å². The van der Waals surface area contributed by atoms with Crippen LogP contribution in [0.2, 0.25) is 0 Å². The molecule has 8 heteroatoms. The van der Waals surface area contributed by atoms with Gasteiger partial charge < -0.3 is 20.0 Å². The SMILES string of the molecule is CN(C)C(CNC(=O)C(=O)Nc1cc2c3c(c1)CCN3C(=O)CC2)c1ccco1. The molecule has 3 amide bonds. The first-order valence-corrected chi connectivity index (χ1v) is 9.69. The van der Waals surface area contributed by atoms with Crippen molar-refractivity contribution in [3.63, 3.8) is 0 Å². The van der Waals surface area contributed by atoms with Crippen LogP contribution in [-0.2, 0) is 27.2 Å². The van der Waals surface area contributed by atoms with Gasteiger partial charge in [-0.1, -0.05) is 0 Å². The predicted molar refractivity (Wildman–Crippen MR) is 108 cm³/mol. The summed E-state index contributed by atoms with van der Waals surface area (Å²) in [5.74, 6) is -0.544. The molecule has 3 heterocycles. The van der Waals surface area contributed by atoms with E-state index in [0.29, 0.717) is 30.8 Å². The first kappa shape index (κ1) is 19.2. The van der Waals surface area contributed by atoms with Crippen LogP contribution in [0.5, 0.6) is 0 Å². The molecule has 1 atom stereocenters. The van der Waals surface area contributed by atoms with Gasteiger partial charge in [-0.05, 0) is 62.3 Å². The molecule has 1 aromatic carbocycles. The number of amides is 3. The molecule has 2 aliphatic heterocycles. The molecule has 1 aromatic heterocycles. The van der Waals surface area contributed by atoms with E-state index in [2.05, 4.69) is 10.6 Å². The molecule has 0 saturated heterocycles. The topological polar surface area (TPSA) is 94.9 Å². The smallest absolute Gasteiger partial charge is 0.313 e. The van der Waals surface area contributed by atoms with Gasteiger partial charge in [-0.25, -0.2) is 0 Å². The lowest BCUT2D eigenvalue weighted by Gasteiger charge is -2.25. The van der Waals surface area contributed by atoms with Gasteiger partial charge in [0.15, 0.2) is 0 Å². The van der Waals surface area contributed by atoms with Crippen LogP contribution in [0.4, 0.5) is 11.4 Å². The van der Waals surface area contributed by atoms with Gasteiger partial charge in [0, 0.05) is 25.2 Å². The lowest BCUT2D eigenvalue weighted by atomic mass is 9.98. The lowest BCUT2D eigenvalue weighted by molar-refractivity contribution is -0.136. The van der Waals surface area contributed by atoms with E-state index in [1.54, 1.807) is 12.3 Å². The van der Waals surface area contributed by atoms with E-state index in [0.717, 1.165) is 23.2 Å². The van der Waals surface area contributed by atoms with Crippen LogP contribution in [0.3, 0.4) is 0 Å². The molecular weight excluding hydrogens is 372 g/mol. The van der Waals surface area contributed by atoms with Gasteiger partial charge in [-0.15, -0.1) is 0 Å². The number of hydrogen-bond acceptors (Lipinski definition) is 5. The van der Waals surface area contributed by atoms with Crippen molar-refractivity contribution in [2.24, 2.45) is 0 Å². The summed E-state index contributed by atoms with van der Waals surface area (Å²) in [5.41, 5.74) is 3.65. The molecule has 2 aromatic rings. The first-order valence-electron chi connectivity index (χ1n) is 9.69. The Hall–Kier alpha value is -3.13. The lowest BCUT2D eigenvalue weighted by Crippen LogP contribution is -2.40. The van der Waals surface area contributed by atoms with Crippen LogP contribution in [0.1, 0.15) is 29.3 Å². The third kappa shape index (κ3) is 3.75. The van der Waals surface area contributed by atoms with Crippen LogP contribution in [0.15, 0.2) is 34.9 Å². The number of anilines is 2. The molecule has 152 valence electrons. The Kier molecular flexibility index (Phi) is 5.10. The summed E-state index contributed by atoms with van der Waals surface area (Å²) in [6.45, 7) is 0.928. The maximum Gasteiger partial charge on any atom is 0.313 e. The summed E-state index contributed by atoms with van der Waals surface area (Å²) in [7, 11) is 3.76. The van der Waals surface area contributed by atoms with Crippen molar-refractivity contribution >= 4 is 29.1 Å². The molecule has 0 fully saturated rings. The highest BCUT2D eigenvalue weighted by Crippen LogP contribution is 2.38. The van der Waals surface area contributed by atoms with Crippen LogP contribution < -0.4 is 15.5 Å². The normalized spacial score (nSPS) is 16.0. The van der Waals surface area contributed by atoms with Crippen molar-refractivity contribution in [2.45, 2.75) is 25.3 Å². The zero-order chi connectivity index (χ0) is 20.5. The standard InChI is InChI=1S/C21H24N4O4/c1-24(2)16(17-4-3-9-29-17)12-22-20(27)21(28)23-15-10-13-5-6-18(26)25-8-7-14(11-15)19(13)25/h3-4,9-11,16H,5-8,12H2,1-2H3,(H,22,27)(H,23,28). The maximum atomic E-state index is 12.4. The zero-order valence-corrected chi connectivity index (χ0v) is 16.5. The molecule has 1 unspecified atom stereocenters. The van der Waals surface area contributed by atoms with Crippen molar-refractivity contribution in [1.29, 1.82) is 0 Å². The second-order valence-corrected chi connectivity index (χ2v) is 7.60. The Morgan fingerprint density at radius 2 is 1.93 bits per heavy atom.